The Morgan fingerprint density at radius 1 is 1.29 bits per heavy atom. The van der Waals surface area contributed by atoms with Gasteiger partial charge in [-0.05, 0) is 36.2 Å². The monoisotopic (exact) mass is 383 g/mol. The van der Waals surface area contributed by atoms with Crippen molar-refractivity contribution in [1.29, 1.82) is 0 Å². The summed E-state index contributed by atoms with van der Waals surface area (Å²) < 4.78 is 20.1. The molecule has 0 saturated carbocycles. The summed E-state index contributed by atoms with van der Waals surface area (Å²) in [6, 6.07) is 10.1. The molecule has 1 amide bonds. The van der Waals surface area contributed by atoms with E-state index in [9.17, 15) is 14.0 Å². The molecule has 0 spiro atoms. The maximum absolute atomic E-state index is 13.8. The second-order valence-electron chi connectivity index (χ2n) is 6.68. The van der Waals surface area contributed by atoms with Gasteiger partial charge < -0.3 is 9.64 Å². The van der Waals surface area contributed by atoms with E-state index in [1.54, 1.807) is 19.2 Å². The van der Waals surface area contributed by atoms with Crippen LogP contribution in [0.25, 0.3) is 10.9 Å². The molecular formula is C21H22FN3O3. The van der Waals surface area contributed by atoms with Crippen LogP contribution >= 0.6 is 0 Å². The van der Waals surface area contributed by atoms with Crippen molar-refractivity contribution in [2.24, 2.45) is 0 Å². The van der Waals surface area contributed by atoms with E-state index in [0.717, 1.165) is 5.56 Å². The smallest absolute Gasteiger partial charge is 0.261 e. The molecule has 1 aromatic heterocycles. The maximum Gasteiger partial charge on any atom is 0.261 e. The van der Waals surface area contributed by atoms with E-state index in [0.29, 0.717) is 16.5 Å². The largest absolute Gasteiger partial charge is 0.494 e. The number of halogens is 1. The minimum absolute atomic E-state index is 0.146. The van der Waals surface area contributed by atoms with Gasteiger partial charge in [0, 0.05) is 26.6 Å². The van der Waals surface area contributed by atoms with Gasteiger partial charge in [0.25, 0.3) is 5.56 Å². The zero-order valence-electron chi connectivity index (χ0n) is 16.1. The van der Waals surface area contributed by atoms with Crippen LogP contribution in [0.2, 0.25) is 0 Å². The highest BCUT2D eigenvalue weighted by Gasteiger charge is 2.13. The summed E-state index contributed by atoms with van der Waals surface area (Å²) in [7, 11) is 3.05. The summed E-state index contributed by atoms with van der Waals surface area (Å²) in [5, 5.41) is 0.539. The standard InChI is InChI=1S/C21H22FN3O3/c1-14-5-4-6-16-20(14)23-13-25(21(16)27)10-9-19(26)24(2)12-15-7-8-18(28-3)17(22)11-15/h4-8,11,13H,9-10,12H2,1-3H3. The number of amides is 1. The van der Waals surface area contributed by atoms with Gasteiger partial charge in [-0.2, -0.15) is 0 Å². The summed E-state index contributed by atoms with van der Waals surface area (Å²) >= 11 is 0. The van der Waals surface area contributed by atoms with E-state index < -0.39 is 5.82 Å². The molecule has 0 saturated heterocycles. The number of fused-ring (bicyclic) bond motifs is 1. The lowest BCUT2D eigenvalue weighted by atomic mass is 10.1. The van der Waals surface area contributed by atoms with Crippen LogP contribution in [0.4, 0.5) is 4.39 Å². The van der Waals surface area contributed by atoms with Gasteiger partial charge in [0.15, 0.2) is 11.6 Å². The molecule has 0 bridgehead atoms. The molecule has 146 valence electrons. The zero-order valence-corrected chi connectivity index (χ0v) is 16.1. The van der Waals surface area contributed by atoms with E-state index in [4.69, 9.17) is 4.74 Å². The minimum Gasteiger partial charge on any atom is -0.494 e. The van der Waals surface area contributed by atoms with Gasteiger partial charge in [-0.25, -0.2) is 9.37 Å². The average molecular weight is 383 g/mol. The maximum atomic E-state index is 13.8. The number of methoxy groups -OCH3 is 1. The fourth-order valence-electron chi connectivity index (χ4n) is 3.07. The van der Waals surface area contributed by atoms with Gasteiger partial charge >= 0.3 is 0 Å². The molecule has 0 atom stereocenters. The quantitative estimate of drug-likeness (QED) is 0.657. The van der Waals surface area contributed by atoms with E-state index in [-0.39, 0.29) is 36.7 Å². The molecule has 0 fully saturated rings. The molecule has 6 nitrogen and oxygen atoms in total. The molecule has 1 heterocycles. The van der Waals surface area contributed by atoms with Crippen LogP contribution in [0.3, 0.4) is 0 Å². The third-order valence-electron chi connectivity index (χ3n) is 4.68. The number of carbonyl (C=O) groups excluding carboxylic acids is 1. The molecule has 3 rings (SSSR count). The molecule has 0 aliphatic carbocycles. The number of aryl methyl sites for hydroxylation is 2. The molecule has 0 N–H and O–H groups in total. The Morgan fingerprint density at radius 3 is 2.79 bits per heavy atom. The Morgan fingerprint density at radius 2 is 2.07 bits per heavy atom. The Kier molecular flexibility index (Phi) is 5.73. The van der Waals surface area contributed by atoms with Crippen molar-refractivity contribution in [1.82, 2.24) is 14.5 Å². The van der Waals surface area contributed by atoms with E-state index in [1.807, 2.05) is 19.1 Å². The van der Waals surface area contributed by atoms with Gasteiger partial charge in [0.2, 0.25) is 5.91 Å². The van der Waals surface area contributed by atoms with Crippen LogP contribution in [0.1, 0.15) is 17.5 Å². The van der Waals surface area contributed by atoms with Gasteiger partial charge in [-0.15, -0.1) is 0 Å². The van der Waals surface area contributed by atoms with Crippen molar-refractivity contribution in [3.63, 3.8) is 0 Å². The number of carbonyl (C=O) groups is 1. The van der Waals surface area contributed by atoms with Gasteiger partial charge in [0.1, 0.15) is 0 Å². The molecule has 0 aliphatic rings. The molecule has 7 heteroatoms. The molecule has 3 aromatic rings. The van der Waals surface area contributed by atoms with Crippen LogP contribution in [0.5, 0.6) is 5.75 Å². The highest BCUT2D eigenvalue weighted by Crippen LogP contribution is 2.18. The number of ether oxygens (including phenoxy) is 1. The second-order valence-corrected chi connectivity index (χ2v) is 6.68. The first kappa shape index (κ1) is 19.5. The number of hydrogen-bond donors (Lipinski definition) is 0. The number of nitrogens with zero attached hydrogens (tertiary/aromatic N) is 3. The van der Waals surface area contributed by atoms with Gasteiger partial charge in [-0.1, -0.05) is 18.2 Å². The Labute approximate surface area is 162 Å². The van der Waals surface area contributed by atoms with E-state index >= 15 is 0 Å². The van der Waals surface area contributed by atoms with Gasteiger partial charge in [-0.3, -0.25) is 14.2 Å². The molecule has 28 heavy (non-hydrogen) atoms. The SMILES string of the molecule is COc1ccc(CN(C)C(=O)CCn2cnc3c(C)cccc3c2=O)cc1F. The predicted molar refractivity (Wildman–Crippen MR) is 105 cm³/mol. The topological polar surface area (TPSA) is 64.4 Å². The lowest BCUT2D eigenvalue weighted by Crippen LogP contribution is -2.29. The summed E-state index contributed by atoms with van der Waals surface area (Å²) in [4.78, 5) is 30.9. The van der Waals surface area contributed by atoms with Crippen molar-refractivity contribution in [2.75, 3.05) is 14.2 Å². The first-order valence-electron chi connectivity index (χ1n) is 8.92. The predicted octanol–water partition coefficient (Wildman–Crippen LogP) is 2.90. The second kappa shape index (κ2) is 8.21. The molecule has 0 aliphatic heterocycles. The molecule has 0 radical (unpaired) electrons. The highest BCUT2D eigenvalue weighted by atomic mass is 19.1. The third-order valence-corrected chi connectivity index (χ3v) is 4.68. The average Bonchev–Trinajstić information content (AvgIpc) is 2.68. The van der Waals surface area contributed by atoms with Crippen molar-refractivity contribution in [3.8, 4) is 5.75 Å². The fraction of sp³-hybridized carbons (Fsp3) is 0.286. The van der Waals surface area contributed by atoms with Crippen molar-refractivity contribution < 1.29 is 13.9 Å². The molecule has 2 aromatic carbocycles. The van der Waals surface area contributed by atoms with Gasteiger partial charge in [0.05, 0.1) is 24.3 Å². The number of benzene rings is 2. The Bertz CT molecular complexity index is 1080. The first-order valence-corrected chi connectivity index (χ1v) is 8.92. The number of hydrogen-bond acceptors (Lipinski definition) is 4. The van der Waals surface area contributed by atoms with E-state index in [2.05, 4.69) is 4.98 Å². The van der Waals surface area contributed by atoms with Crippen LogP contribution in [0, 0.1) is 12.7 Å². The van der Waals surface area contributed by atoms with Crippen LogP contribution < -0.4 is 10.3 Å². The van der Waals surface area contributed by atoms with Crippen molar-refractivity contribution >= 4 is 16.8 Å². The third kappa shape index (κ3) is 4.03. The number of rotatable bonds is 6. The minimum atomic E-state index is -0.468. The van der Waals surface area contributed by atoms with Crippen molar-refractivity contribution in [2.45, 2.75) is 26.4 Å². The highest BCUT2D eigenvalue weighted by molar-refractivity contribution is 5.80. The lowest BCUT2D eigenvalue weighted by molar-refractivity contribution is -0.130. The van der Waals surface area contributed by atoms with Crippen LogP contribution in [-0.4, -0.2) is 34.5 Å². The Hall–Kier alpha value is -3.22. The van der Waals surface area contributed by atoms with Crippen LogP contribution in [0.15, 0.2) is 47.5 Å². The normalized spacial score (nSPS) is 10.9. The summed E-state index contributed by atoms with van der Waals surface area (Å²) in [6.07, 6.45) is 1.62. The Balaban J connectivity index is 1.67. The first-order chi connectivity index (χ1) is 13.4. The fourth-order valence-corrected chi connectivity index (χ4v) is 3.07. The lowest BCUT2D eigenvalue weighted by Gasteiger charge is -2.18. The van der Waals surface area contributed by atoms with Crippen molar-refractivity contribution in [3.05, 3.63) is 70.0 Å². The molecular weight excluding hydrogens is 361 g/mol. The summed E-state index contributed by atoms with van der Waals surface area (Å²) in [5.41, 5.74) is 2.11. The van der Waals surface area contributed by atoms with E-state index in [1.165, 1.54) is 35.0 Å². The number of para-hydroxylation sites is 1. The molecule has 0 unspecified atom stereocenters. The number of aromatic nitrogens is 2. The summed E-state index contributed by atoms with van der Waals surface area (Å²) in [6.45, 7) is 2.40. The zero-order chi connectivity index (χ0) is 20.3. The summed E-state index contributed by atoms with van der Waals surface area (Å²) in [5.74, 6) is -0.450. The van der Waals surface area contributed by atoms with Crippen LogP contribution in [-0.2, 0) is 17.9 Å².